The largest absolute Gasteiger partial charge is 0.313 e. The maximum atomic E-state index is 10.9. The van der Waals surface area contributed by atoms with Gasteiger partial charge in [-0.15, -0.1) is 17.0 Å². The molecule has 62 valence electrons. The predicted octanol–water partition coefficient (Wildman–Crippen LogP) is 1.13. The van der Waals surface area contributed by atoms with E-state index >= 15 is 0 Å². The molecule has 11 heavy (non-hydrogen) atoms. The van der Waals surface area contributed by atoms with Crippen molar-refractivity contribution < 1.29 is 4.79 Å². The second-order valence-electron chi connectivity index (χ2n) is 2.61. The van der Waals surface area contributed by atoms with Crippen molar-refractivity contribution in [1.82, 2.24) is 5.32 Å². The first-order valence-corrected chi connectivity index (χ1v) is 4.36. The maximum absolute atomic E-state index is 10.9. The van der Waals surface area contributed by atoms with E-state index in [0.717, 1.165) is 19.5 Å². The Bertz CT molecular complexity index is 205. The lowest BCUT2D eigenvalue weighted by molar-refractivity contribution is -0.106. The first kappa shape index (κ1) is 9.29. The summed E-state index contributed by atoms with van der Waals surface area (Å²) in [6.45, 7) is 1.98. The number of piperidine rings is 1. The van der Waals surface area contributed by atoms with E-state index in [0.29, 0.717) is 5.25 Å². The van der Waals surface area contributed by atoms with E-state index in [1.54, 1.807) is 6.08 Å². The van der Waals surface area contributed by atoms with Crippen molar-refractivity contribution in [3.8, 4) is 0 Å². The Kier molecular flexibility index (Phi) is 3.16. The summed E-state index contributed by atoms with van der Waals surface area (Å²) in [4.78, 5) is 10.9. The summed E-state index contributed by atoms with van der Waals surface area (Å²) in [6.07, 6.45) is 2.89. The Labute approximate surface area is 80.6 Å². The number of fused-ring (bicyclic) bond motifs is 1. The summed E-state index contributed by atoms with van der Waals surface area (Å²) in [5.74, 6) is 0. The van der Waals surface area contributed by atoms with E-state index < -0.39 is 0 Å². The van der Waals surface area contributed by atoms with Crippen LogP contribution in [0.4, 0.5) is 0 Å². The Balaban J connectivity index is 0.000000605. The van der Waals surface area contributed by atoms with Gasteiger partial charge in [-0.05, 0) is 24.6 Å². The van der Waals surface area contributed by atoms with Crippen LogP contribution < -0.4 is 5.32 Å². The minimum Gasteiger partial charge on any atom is -0.313 e. The first-order chi connectivity index (χ1) is 4.86. The van der Waals surface area contributed by atoms with Crippen LogP contribution in [0.5, 0.6) is 0 Å². The molecule has 0 aliphatic carbocycles. The average Bonchev–Trinajstić information content (AvgIpc) is 2.27. The molecule has 0 spiro atoms. The van der Waals surface area contributed by atoms with E-state index in [1.165, 1.54) is 17.3 Å². The lowest BCUT2D eigenvalue weighted by Gasteiger charge is -2.19. The number of halogens is 1. The van der Waals surface area contributed by atoms with Gasteiger partial charge in [0.2, 0.25) is 5.12 Å². The van der Waals surface area contributed by atoms with Gasteiger partial charge in [0.25, 0.3) is 0 Å². The summed E-state index contributed by atoms with van der Waals surface area (Å²) >= 11 is 1.48. The minimum atomic E-state index is 0. The molecule has 2 nitrogen and oxygen atoms in total. The molecule has 2 rings (SSSR count). The van der Waals surface area contributed by atoms with Gasteiger partial charge in [0.1, 0.15) is 0 Å². The van der Waals surface area contributed by atoms with Crippen LogP contribution in [0.3, 0.4) is 0 Å². The van der Waals surface area contributed by atoms with Crippen molar-refractivity contribution >= 4 is 33.9 Å². The van der Waals surface area contributed by atoms with Gasteiger partial charge in [-0.2, -0.15) is 0 Å². The summed E-state index contributed by atoms with van der Waals surface area (Å²) in [7, 11) is 0. The third-order valence-electron chi connectivity index (χ3n) is 1.89. The standard InChI is InChI=1S/C7H9NOS.BrH/c9-7-3-5-4-8-2-1-6(5)10-7;/h3,6,8H,1-2,4H2;1H. The van der Waals surface area contributed by atoms with Crippen LogP contribution in [-0.2, 0) is 4.79 Å². The fourth-order valence-electron chi connectivity index (χ4n) is 1.37. The Morgan fingerprint density at radius 1 is 1.64 bits per heavy atom. The SMILES string of the molecule is Br.O=C1C=C2CNCCC2S1. The number of rotatable bonds is 0. The van der Waals surface area contributed by atoms with Gasteiger partial charge in [-0.1, -0.05) is 11.8 Å². The van der Waals surface area contributed by atoms with Gasteiger partial charge in [0, 0.05) is 11.8 Å². The number of hydrogen-bond donors (Lipinski definition) is 1. The van der Waals surface area contributed by atoms with E-state index in [4.69, 9.17) is 0 Å². The molecular weight excluding hydrogens is 226 g/mol. The van der Waals surface area contributed by atoms with E-state index in [9.17, 15) is 4.79 Å². The molecule has 2 heterocycles. The van der Waals surface area contributed by atoms with Gasteiger partial charge in [0.15, 0.2) is 0 Å². The molecule has 2 aliphatic heterocycles. The number of thioether (sulfide) groups is 1. The maximum Gasteiger partial charge on any atom is 0.212 e. The zero-order chi connectivity index (χ0) is 6.97. The molecule has 4 heteroatoms. The van der Waals surface area contributed by atoms with E-state index in [2.05, 4.69) is 5.32 Å². The Morgan fingerprint density at radius 3 is 3.18 bits per heavy atom. The van der Waals surface area contributed by atoms with Crippen LogP contribution in [0.25, 0.3) is 0 Å². The molecule has 1 fully saturated rings. The highest BCUT2D eigenvalue weighted by Gasteiger charge is 2.27. The number of nitrogens with one attached hydrogen (secondary N) is 1. The molecular formula is C7H10BrNOS. The molecule has 0 aromatic rings. The molecule has 0 aromatic heterocycles. The molecule has 0 aromatic carbocycles. The second-order valence-corrected chi connectivity index (χ2v) is 3.82. The highest BCUT2D eigenvalue weighted by Crippen LogP contribution is 2.31. The molecule has 0 saturated carbocycles. The lowest BCUT2D eigenvalue weighted by Crippen LogP contribution is -2.30. The third kappa shape index (κ3) is 1.86. The van der Waals surface area contributed by atoms with Crippen LogP contribution in [0.2, 0.25) is 0 Å². The van der Waals surface area contributed by atoms with Crippen molar-refractivity contribution in [3.05, 3.63) is 11.6 Å². The topological polar surface area (TPSA) is 29.1 Å². The number of carbonyl (C=O) groups excluding carboxylic acids is 1. The van der Waals surface area contributed by atoms with Crippen LogP contribution in [0.15, 0.2) is 11.6 Å². The van der Waals surface area contributed by atoms with Gasteiger partial charge in [-0.3, -0.25) is 4.79 Å². The lowest BCUT2D eigenvalue weighted by atomic mass is 10.1. The molecule has 1 atom stereocenters. The second kappa shape index (κ2) is 3.74. The summed E-state index contributed by atoms with van der Waals surface area (Å²) in [5, 5.41) is 3.99. The van der Waals surface area contributed by atoms with Crippen molar-refractivity contribution in [2.45, 2.75) is 11.7 Å². The number of carbonyl (C=O) groups is 1. The smallest absolute Gasteiger partial charge is 0.212 e. The van der Waals surface area contributed by atoms with Crippen LogP contribution in [0, 0.1) is 0 Å². The molecule has 0 radical (unpaired) electrons. The summed E-state index contributed by atoms with van der Waals surface area (Å²) < 4.78 is 0. The van der Waals surface area contributed by atoms with Crippen molar-refractivity contribution in [2.24, 2.45) is 0 Å². The van der Waals surface area contributed by atoms with Crippen molar-refractivity contribution in [2.75, 3.05) is 13.1 Å². The highest BCUT2D eigenvalue weighted by molar-refractivity contribution is 8.93. The Morgan fingerprint density at radius 2 is 2.45 bits per heavy atom. The molecule has 0 bridgehead atoms. The summed E-state index contributed by atoms with van der Waals surface area (Å²) in [6, 6.07) is 0. The zero-order valence-electron chi connectivity index (χ0n) is 6.00. The fourth-order valence-corrected chi connectivity index (χ4v) is 2.41. The monoisotopic (exact) mass is 235 g/mol. The zero-order valence-corrected chi connectivity index (χ0v) is 8.53. The van der Waals surface area contributed by atoms with Crippen LogP contribution >= 0.6 is 28.7 Å². The molecule has 2 aliphatic rings. The van der Waals surface area contributed by atoms with Gasteiger partial charge < -0.3 is 5.32 Å². The Hall–Kier alpha value is 0.200. The minimum absolute atomic E-state index is 0. The average molecular weight is 236 g/mol. The molecule has 1 N–H and O–H groups in total. The third-order valence-corrected chi connectivity index (χ3v) is 3.06. The fraction of sp³-hybridized carbons (Fsp3) is 0.571. The number of hydrogen-bond acceptors (Lipinski definition) is 3. The van der Waals surface area contributed by atoms with E-state index in [-0.39, 0.29) is 22.1 Å². The van der Waals surface area contributed by atoms with Crippen LogP contribution in [0.1, 0.15) is 6.42 Å². The highest BCUT2D eigenvalue weighted by atomic mass is 79.9. The van der Waals surface area contributed by atoms with Gasteiger partial charge >= 0.3 is 0 Å². The normalized spacial score (nSPS) is 28.9. The predicted molar refractivity (Wildman–Crippen MR) is 52.3 cm³/mol. The summed E-state index contributed by atoms with van der Waals surface area (Å²) in [5.41, 5.74) is 1.29. The van der Waals surface area contributed by atoms with Gasteiger partial charge in [0.05, 0.1) is 0 Å². The van der Waals surface area contributed by atoms with Crippen molar-refractivity contribution in [1.29, 1.82) is 0 Å². The van der Waals surface area contributed by atoms with Crippen molar-refractivity contribution in [3.63, 3.8) is 0 Å². The molecule has 0 amide bonds. The molecule has 1 saturated heterocycles. The van der Waals surface area contributed by atoms with Crippen LogP contribution in [-0.4, -0.2) is 23.5 Å². The van der Waals surface area contributed by atoms with Gasteiger partial charge in [-0.25, -0.2) is 0 Å². The first-order valence-electron chi connectivity index (χ1n) is 3.48. The molecule has 1 unspecified atom stereocenters. The van der Waals surface area contributed by atoms with E-state index in [1.807, 2.05) is 0 Å². The quantitative estimate of drug-likeness (QED) is 0.683.